The topological polar surface area (TPSA) is 20.2 Å². The molecule has 0 bridgehead atoms. The zero-order chi connectivity index (χ0) is 10.8. The van der Waals surface area contributed by atoms with Gasteiger partial charge in [0, 0.05) is 5.56 Å². The van der Waals surface area contributed by atoms with Crippen LogP contribution in [0, 0.1) is 11.5 Å². The van der Waals surface area contributed by atoms with E-state index >= 15 is 0 Å². The maximum atomic E-state index is 9.20. The zero-order valence-corrected chi connectivity index (χ0v) is 10.3. The maximum absolute atomic E-state index is 9.20. The summed E-state index contributed by atoms with van der Waals surface area (Å²) in [5.41, 5.74) is 4.09. The van der Waals surface area contributed by atoms with Crippen molar-refractivity contribution in [3.05, 3.63) is 28.8 Å². The minimum atomic E-state index is -1.34. The van der Waals surface area contributed by atoms with E-state index in [1.165, 1.54) is 0 Å². The van der Waals surface area contributed by atoms with E-state index in [1.807, 2.05) is 0 Å². The van der Waals surface area contributed by atoms with Gasteiger partial charge in [-0.25, -0.2) is 0 Å². The van der Waals surface area contributed by atoms with Gasteiger partial charge in [0.2, 0.25) is 0 Å². The van der Waals surface area contributed by atoms with Gasteiger partial charge >= 0.3 is 0 Å². The van der Waals surface area contributed by atoms with Crippen LogP contribution in [0.15, 0.2) is 18.2 Å². The molecule has 1 aromatic carbocycles. The summed E-state index contributed by atoms with van der Waals surface area (Å²) in [6.07, 6.45) is 0. The van der Waals surface area contributed by atoms with Gasteiger partial charge in [-0.15, -0.1) is 5.54 Å². The van der Waals surface area contributed by atoms with E-state index in [9.17, 15) is 5.11 Å². The van der Waals surface area contributed by atoms with E-state index in [1.54, 1.807) is 18.2 Å². The molecule has 0 heterocycles. The van der Waals surface area contributed by atoms with Crippen LogP contribution in [0.5, 0.6) is 5.75 Å². The van der Waals surface area contributed by atoms with Crippen molar-refractivity contribution in [3.8, 4) is 17.2 Å². The number of hydrogen-bond acceptors (Lipinski definition) is 1. The molecular weight excluding hydrogens is 212 g/mol. The fourth-order valence-electron chi connectivity index (χ4n) is 0.844. The third-order valence-electron chi connectivity index (χ3n) is 1.53. The smallest absolute Gasteiger partial charge is 0.134 e. The first-order valence-corrected chi connectivity index (χ1v) is 8.28. The van der Waals surface area contributed by atoms with E-state index in [-0.39, 0.29) is 5.75 Å². The molecule has 1 nitrogen and oxygen atoms in total. The van der Waals surface area contributed by atoms with Gasteiger partial charge in [0.15, 0.2) is 0 Å². The molecule has 0 atom stereocenters. The Morgan fingerprint density at radius 3 is 2.43 bits per heavy atom. The van der Waals surface area contributed by atoms with E-state index in [0.29, 0.717) is 5.02 Å². The predicted molar refractivity (Wildman–Crippen MR) is 63.3 cm³/mol. The van der Waals surface area contributed by atoms with Crippen LogP contribution in [0.4, 0.5) is 0 Å². The molecule has 0 saturated carbocycles. The van der Waals surface area contributed by atoms with E-state index in [2.05, 4.69) is 31.1 Å². The van der Waals surface area contributed by atoms with Crippen molar-refractivity contribution in [2.75, 3.05) is 0 Å². The Balaban J connectivity index is 2.98. The van der Waals surface area contributed by atoms with Crippen LogP contribution >= 0.6 is 11.6 Å². The fraction of sp³-hybridized carbons (Fsp3) is 0.273. The summed E-state index contributed by atoms with van der Waals surface area (Å²) >= 11 is 5.76. The summed E-state index contributed by atoms with van der Waals surface area (Å²) in [6.45, 7) is 6.55. The molecule has 0 aliphatic rings. The summed E-state index contributed by atoms with van der Waals surface area (Å²) in [4.78, 5) is 0. The molecule has 0 aliphatic heterocycles. The highest BCUT2D eigenvalue weighted by Gasteiger charge is 2.07. The summed E-state index contributed by atoms with van der Waals surface area (Å²) < 4.78 is 0. The zero-order valence-electron chi connectivity index (χ0n) is 8.56. The van der Waals surface area contributed by atoms with Gasteiger partial charge in [0.05, 0.1) is 5.02 Å². The molecule has 0 saturated heterocycles. The van der Waals surface area contributed by atoms with Crippen LogP contribution in [-0.2, 0) is 0 Å². The van der Waals surface area contributed by atoms with E-state index < -0.39 is 8.07 Å². The van der Waals surface area contributed by atoms with Crippen molar-refractivity contribution in [3.63, 3.8) is 0 Å². The second-order valence-corrected chi connectivity index (χ2v) is 9.32. The van der Waals surface area contributed by atoms with Gasteiger partial charge in [0.25, 0.3) is 0 Å². The van der Waals surface area contributed by atoms with Gasteiger partial charge in [0.1, 0.15) is 13.8 Å². The van der Waals surface area contributed by atoms with Gasteiger partial charge in [-0.2, -0.15) is 0 Å². The first kappa shape index (κ1) is 11.2. The lowest BCUT2D eigenvalue weighted by atomic mass is 10.2. The number of benzene rings is 1. The standard InChI is InChI=1S/C11H13ClOSi/c1-14(2,3)7-6-9-4-5-11(13)10(12)8-9/h4-5,8,13H,1-3H3. The number of hydrogen-bond donors (Lipinski definition) is 1. The van der Waals surface area contributed by atoms with Crippen LogP contribution in [0.2, 0.25) is 24.7 Å². The largest absolute Gasteiger partial charge is 0.506 e. The molecule has 0 spiro atoms. The number of halogens is 1. The molecule has 0 fully saturated rings. The SMILES string of the molecule is C[Si](C)(C)C#Cc1ccc(O)c(Cl)c1. The monoisotopic (exact) mass is 224 g/mol. The first-order valence-electron chi connectivity index (χ1n) is 4.40. The first-order chi connectivity index (χ1) is 6.38. The molecule has 0 unspecified atom stereocenters. The van der Waals surface area contributed by atoms with Gasteiger partial charge in [-0.1, -0.05) is 37.2 Å². The number of phenolic OH excluding ortho intramolecular Hbond substituents is 1. The minimum absolute atomic E-state index is 0.102. The Labute approximate surface area is 90.7 Å². The summed E-state index contributed by atoms with van der Waals surface area (Å²) in [5.74, 6) is 3.17. The van der Waals surface area contributed by atoms with Gasteiger partial charge < -0.3 is 5.11 Å². The molecule has 0 amide bonds. The van der Waals surface area contributed by atoms with Crippen LogP contribution < -0.4 is 0 Å². The molecule has 1 aromatic rings. The van der Waals surface area contributed by atoms with Gasteiger partial charge in [-0.3, -0.25) is 0 Å². The van der Waals surface area contributed by atoms with Crippen LogP contribution in [0.25, 0.3) is 0 Å². The second-order valence-electron chi connectivity index (χ2n) is 4.17. The second kappa shape index (κ2) is 4.08. The van der Waals surface area contributed by atoms with E-state index in [4.69, 9.17) is 11.6 Å². The fourth-order valence-corrected chi connectivity index (χ4v) is 1.54. The molecule has 14 heavy (non-hydrogen) atoms. The van der Waals surface area contributed by atoms with Crippen molar-refractivity contribution >= 4 is 19.7 Å². The lowest BCUT2D eigenvalue weighted by Crippen LogP contribution is -2.16. The minimum Gasteiger partial charge on any atom is -0.506 e. The molecule has 74 valence electrons. The molecule has 3 heteroatoms. The predicted octanol–water partition coefficient (Wildman–Crippen LogP) is 3.27. The van der Waals surface area contributed by atoms with E-state index in [0.717, 1.165) is 5.56 Å². The van der Waals surface area contributed by atoms with Crippen molar-refractivity contribution < 1.29 is 5.11 Å². The number of rotatable bonds is 0. The average Bonchev–Trinajstić information content (AvgIpc) is 2.06. The molecule has 1 rings (SSSR count). The Hall–Kier alpha value is -0.913. The third kappa shape index (κ3) is 3.45. The van der Waals surface area contributed by atoms with Crippen molar-refractivity contribution in [1.29, 1.82) is 0 Å². The Bertz CT molecular complexity index is 396. The summed E-state index contributed by atoms with van der Waals surface area (Å²) in [5, 5.41) is 9.55. The molecule has 0 radical (unpaired) electrons. The number of phenols is 1. The van der Waals surface area contributed by atoms with Gasteiger partial charge in [-0.05, 0) is 18.2 Å². The van der Waals surface area contributed by atoms with Crippen LogP contribution in [0.3, 0.4) is 0 Å². The lowest BCUT2D eigenvalue weighted by molar-refractivity contribution is 0.475. The highest BCUT2D eigenvalue weighted by molar-refractivity contribution is 6.83. The third-order valence-corrected chi connectivity index (χ3v) is 2.71. The Morgan fingerprint density at radius 1 is 1.29 bits per heavy atom. The maximum Gasteiger partial charge on any atom is 0.134 e. The number of aromatic hydroxyl groups is 1. The molecule has 0 aromatic heterocycles. The Morgan fingerprint density at radius 2 is 1.93 bits per heavy atom. The highest BCUT2D eigenvalue weighted by Crippen LogP contribution is 2.23. The normalized spacial score (nSPS) is 10.6. The molecule has 0 aliphatic carbocycles. The van der Waals surface area contributed by atoms with Crippen molar-refractivity contribution in [1.82, 2.24) is 0 Å². The summed E-state index contributed by atoms with van der Waals surface area (Å²) in [6, 6.07) is 5.02. The quantitative estimate of drug-likeness (QED) is 0.530. The molecule has 1 N–H and O–H groups in total. The van der Waals surface area contributed by atoms with Crippen molar-refractivity contribution in [2.24, 2.45) is 0 Å². The van der Waals surface area contributed by atoms with Crippen LogP contribution in [-0.4, -0.2) is 13.2 Å². The summed E-state index contributed by atoms with van der Waals surface area (Å²) in [7, 11) is -1.34. The van der Waals surface area contributed by atoms with Crippen molar-refractivity contribution in [2.45, 2.75) is 19.6 Å². The Kier molecular flexibility index (Phi) is 3.25. The highest BCUT2D eigenvalue weighted by atomic mass is 35.5. The van der Waals surface area contributed by atoms with Crippen LogP contribution in [0.1, 0.15) is 5.56 Å². The molecular formula is C11H13ClOSi. The lowest BCUT2D eigenvalue weighted by Gasteiger charge is -2.03. The average molecular weight is 225 g/mol.